The highest BCUT2D eigenvalue weighted by atomic mass is 32.2. The third-order valence-corrected chi connectivity index (χ3v) is 8.75. The van der Waals surface area contributed by atoms with Gasteiger partial charge in [-0.2, -0.15) is 13.2 Å². The van der Waals surface area contributed by atoms with Gasteiger partial charge in [0.1, 0.15) is 5.75 Å². The van der Waals surface area contributed by atoms with Gasteiger partial charge >= 0.3 is 6.18 Å². The van der Waals surface area contributed by atoms with E-state index in [0.29, 0.717) is 49.4 Å². The lowest BCUT2D eigenvalue weighted by molar-refractivity contribution is -0.137. The summed E-state index contributed by atoms with van der Waals surface area (Å²) in [4.78, 5) is 20.5. The number of carbonyl (C=O) groups is 1. The molecule has 1 fully saturated rings. The second-order valence-corrected chi connectivity index (χ2v) is 13.1. The van der Waals surface area contributed by atoms with Crippen molar-refractivity contribution in [1.82, 2.24) is 14.6 Å². The first-order valence-electron chi connectivity index (χ1n) is 12.6. The number of aromatic hydroxyl groups is 1. The van der Waals surface area contributed by atoms with E-state index in [-0.39, 0.29) is 11.3 Å². The summed E-state index contributed by atoms with van der Waals surface area (Å²) in [6.07, 6.45) is -1.89. The van der Waals surface area contributed by atoms with Crippen molar-refractivity contribution in [2.75, 3.05) is 31.1 Å². The van der Waals surface area contributed by atoms with Gasteiger partial charge in [-0.05, 0) is 80.4 Å². The number of sulfonamides is 1. The highest BCUT2D eigenvalue weighted by molar-refractivity contribution is 7.91. The van der Waals surface area contributed by atoms with Gasteiger partial charge in [0.2, 0.25) is 10.0 Å². The van der Waals surface area contributed by atoms with Crippen LogP contribution >= 0.6 is 0 Å². The van der Waals surface area contributed by atoms with Gasteiger partial charge in [-0.25, -0.2) is 13.1 Å². The van der Waals surface area contributed by atoms with Crippen LogP contribution in [0.1, 0.15) is 42.3 Å². The molecule has 40 heavy (non-hydrogen) atoms. The lowest BCUT2D eigenvalue weighted by Crippen LogP contribution is -2.46. The number of halogens is 3. The fourth-order valence-corrected chi connectivity index (χ4v) is 4.95. The van der Waals surface area contributed by atoms with Crippen LogP contribution in [0.2, 0.25) is 0 Å². The van der Waals surface area contributed by atoms with Gasteiger partial charge < -0.3 is 10.0 Å². The van der Waals surface area contributed by atoms with E-state index < -0.39 is 32.4 Å². The van der Waals surface area contributed by atoms with Gasteiger partial charge in [0.05, 0.1) is 16.5 Å². The third kappa shape index (κ3) is 6.92. The molecular formula is C28H31F3N4O4S. The fourth-order valence-electron chi connectivity index (χ4n) is 4.28. The quantitative estimate of drug-likeness (QED) is 0.440. The zero-order valence-corrected chi connectivity index (χ0v) is 23.2. The molecule has 2 heterocycles. The second-order valence-electron chi connectivity index (χ2n) is 10.7. The maximum atomic E-state index is 13.6. The molecule has 2 N–H and O–H groups in total. The molecule has 4 rings (SSSR count). The van der Waals surface area contributed by atoms with Crippen LogP contribution in [0.25, 0.3) is 11.1 Å². The molecule has 1 aromatic heterocycles. The summed E-state index contributed by atoms with van der Waals surface area (Å²) < 4.78 is 66.4. The van der Waals surface area contributed by atoms with Crippen LogP contribution in [0, 0.1) is 0 Å². The number of hydrogen-bond donors (Lipinski definition) is 2. The van der Waals surface area contributed by atoms with Crippen molar-refractivity contribution in [3.05, 3.63) is 77.6 Å². The summed E-state index contributed by atoms with van der Waals surface area (Å²) >= 11 is 0. The van der Waals surface area contributed by atoms with E-state index in [9.17, 15) is 31.5 Å². The number of nitrogens with zero attached hydrogens (tertiary/aromatic N) is 3. The molecule has 0 aliphatic carbocycles. The zero-order valence-electron chi connectivity index (χ0n) is 22.4. The van der Waals surface area contributed by atoms with E-state index in [1.807, 2.05) is 0 Å². The molecule has 3 aromatic rings. The molecule has 0 saturated carbocycles. The number of rotatable bonds is 6. The smallest absolute Gasteiger partial charge is 0.416 e. The normalized spacial score (nSPS) is 15.2. The fraction of sp³-hybridized carbons (Fsp3) is 0.357. The Kier molecular flexibility index (Phi) is 8.13. The van der Waals surface area contributed by atoms with Gasteiger partial charge in [-0.15, -0.1) is 0 Å². The molecule has 0 radical (unpaired) electrons. The number of alkyl halides is 3. The predicted molar refractivity (Wildman–Crippen MR) is 146 cm³/mol. The number of carbonyl (C=O) groups excluding carboxylic acids is 1. The third-order valence-electron chi connectivity index (χ3n) is 6.68. The standard InChI is InChI=1S/C28H31F3N4O4S/c1-27(2,3)40(38,39)33-26(37)20-4-6-24(7-5-20)35-10-8-34(9-11-35)18-19-12-21(14-23(13-19)28(29,30)31)22-15-25(36)17-32-16-22/h4-7,12-17,36H,8-11,18H2,1-3H3,(H,33,37). The van der Waals surface area contributed by atoms with Crippen molar-refractivity contribution in [2.24, 2.45) is 0 Å². The van der Waals surface area contributed by atoms with E-state index in [4.69, 9.17) is 0 Å². The highest BCUT2D eigenvalue weighted by Crippen LogP contribution is 2.34. The minimum atomic E-state index is -4.52. The van der Waals surface area contributed by atoms with Gasteiger partial charge in [-0.1, -0.05) is 0 Å². The highest BCUT2D eigenvalue weighted by Gasteiger charge is 2.32. The second kappa shape index (κ2) is 11.1. The maximum absolute atomic E-state index is 13.6. The molecule has 2 aromatic carbocycles. The van der Waals surface area contributed by atoms with Crippen LogP contribution in [-0.4, -0.2) is 60.2 Å². The number of anilines is 1. The Morgan fingerprint density at radius 1 is 0.950 bits per heavy atom. The Balaban J connectivity index is 1.41. The van der Waals surface area contributed by atoms with Crippen molar-refractivity contribution in [1.29, 1.82) is 0 Å². The minimum absolute atomic E-state index is 0.129. The molecular weight excluding hydrogens is 545 g/mol. The topological polar surface area (TPSA) is 103 Å². The van der Waals surface area contributed by atoms with E-state index >= 15 is 0 Å². The molecule has 214 valence electrons. The Morgan fingerprint density at radius 2 is 1.60 bits per heavy atom. The lowest BCUT2D eigenvalue weighted by Gasteiger charge is -2.36. The van der Waals surface area contributed by atoms with E-state index in [2.05, 4.69) is 19.5 Å². The number of piperazine rings is 1. The average molecular weight is 577 g/mol. The molecule has 1 aliphatic heterocycles. The van der Waals surface area contributed by atoms with Crippen LogP contribution in [-0.2, 0) is 22.7 Å². The molecule has 12 heteroatoms. The molecule has 1 amide bonds. The number of aromatic nitrogens is 1. The SMILES string of the molecule is CC(C)(C)S(=O)(=O)NC(=O)c1ccc(N2CCN(Cc3cc(-c4cncc(O)c4)cc(C(F)(F)F)c3)CC2)cc1. The van der Waals surface area contributed by atoms with Crippen LogP contribution in [0.15, 0.2) is 60.9 Å². The summed E-state index contributed by atoms with van der Waals surface area (Å²) in [5, 5.41) is 9.73. The van der Waals surface area contributed by atoms with E-state index in [1.165, 1.54) is 39.2 Å². The molecule has 0 atom stereocenters. The number of hydrogen-bond acceptors (Lipinski definition) is 7. The Labute approximate surface area is 231 Å². The average Bonchev–Trinajstić information content (AvgIpc) is 2.88. The number of pyridine rings is 1. The Hall–Kier alpha value is -3.64. The maximum Gasteiger partial charge on any atom is 0.416 e. The number of nitrogens with one attached hydrogen (secondary N) is 1. The first kappa shape index (κ1) is 29.3. The van der Waals surface area contributed by atoms with Crippen molar-refractivity contribution in [2.45, 2.75) is 38.2 Å². The van der Waals surface area contributed by atoms with Gasteiger partial charge in [-0.3, -0.25) is 14.7 Å². The monoisotopic (exact) mass is 576 g/mol. The van der Waals surface area contributed by atoms with Crippen LogP contribution in [0.5, 0.6) is 5.75 Å². The van der Waals surface area contributed by atoms with Gasteiger partial charge in [0, 0.05) is 55.7 Å². The van der Waals surface area contributed by atoms with Crippen molar-refractivity contribution in [3.8, 4) is 16.9 Å². The predicted octanol–water partition coefficient (Wildman–Crippen LogP) is 4.65. The number of amides is 1. The molecule has 0 unspecified atom stereocenters. The summed E-state index contributed by atoms with van der Waals surface area (Å²) in [5.41, 5.74) is 1.53. The first-order valence-corrected chi connectivity index (χ1v) is 14.1. The van der Waals surface area contributed by atoms with E-state index in [1.54, 1.807) is 30.3 Å². The molecule has 1 aliphatic rings. The molecule has 1 saturated heterocycles. The first-order chi connectivity index (χ1) is 18.6. The van der Waals surface area contributed by atoms with Crippen LogP contribution in [0.3, 0.4) is 0 Å². The van der Waals surface area contributed by atoms with Crippen LogP contribution < -0.4 is 9.62 Å². The van der Waals surface area contributed by atoms with Crippen molar-refractivity contribution >= 4 is 21.6 Å². The Morgan fingerprint density at radius 3 is 2.17 bits per heavy atom. The van der Waals surface area contributed by atoms with Gasteiger partial charge in [0.15, 0.2) is 0 Å². The largest absolute Gasteiger partial charge is 0.506 e. The molecule has 0 spiro atoms. The van der Waals surface area contributed by atoms with Crippen LogP contribution in [0.4, 0.5) is 18.9 Å². The number of benzene rings is 2. The summed E-state index contributed by atoms with van der Waals surface area (Å²) in [6.45, 7) is 7.27. The molecule has 8 nitrogen and oxygen atoms in total. The summed E-state index contributed by atoms with van der Waals surface area (Å²) in [6, 6.07) is 11.9. The lowest BCUT2D eigenvalue weighted by atomic mass is 10.00. The molecule has 0 bridgehead atoms. The van der Waals surface area contributed by atoms with Crippen molar-refractivity contribution in [3.63, 3.8) is 0 Å². The van der Waals surface area contributed by atoms with Gasteiger partial charge in [0.25, 0.3) is 5.91 Å². The minimum Gasteiger partial charge on any atom is -0.506 e. The van der Waals surface area contributed by atoms with E-state index in [0.717, 1.165) is 17.8 Å². The zero-order chi connectivity index (χ0) is 29.3. The Bertz CT molecular complexity index is 1480. The van der Waals surface area contributed by atoms with Crippen molar-refractivity contribution < 1.29 is 31.5 Å². The summed E-state index contributed by atoms with van der Waals surface area (Å²) in [5.74, 6) is -0.829. The summed E-state index contributed by atoms with van der Waals surface area (Å²) in [7, 11) is -3.83.